The third kappa shape index (κ3) is 3.98. The molecular weight excluding hydrogens is 319 g/mol. The number of Topliss-reactive ketones (excluding diaryl/α,β-unsaturated/α-hetero) is 1. The normalized spacial score (nSPS) is 11.6. The van der Waals surface area contributed by atoms with Crippen molar-refractivity contribution in [2.24, 2.45) is 0 Å². The average Bonchev–Trinajstić information content (AvgIpc) is 2.67. The molecule has 0 spiro atoms. The fourth-order valence-electron chi connectivity index (χ4n) is 2.42. The van der Waals surface area contributed by atoms with Crippen molar-refractivity contribution in [1.82, 2.24) is 0 Å². The zero-order chi connectivity index (χ0) is 17.6. The first-order chi connectivity index (χ1) is 12.1. The quantitative estimate of drug-likeness (QED) is 0.506. The van der Waals surface area contributed by atoms with Gasteiger partial charge in [-0.15, -0.1) is 0 Å². The molecule has 0 heterocycles. The lowest BCUT2D eigenvalue weighted by molar-refractivity contribution is 0.0280. The van der Waals surface area contributed by atoms with Crippen molar-refractivity contribution < 1.29 is 18.7 Å². The molecule has 3 aromatic carbocycles. The Bertz CT molecular complexity index is 859. The topological polar surface area (TPSA) is 43.4 Å². The highest BCUT2D eigenvalue weighted by Gasteiger charge is 2.26. The van der Waals surface area contributed by atoms with Gasteiger partial charge in [0.25, 0.3) is 0 Å². The van der Waals surface area contributed by atoms with Crippen molar-refractivity contribution >= 4 is 11.8 Å². The van der Waals surface area contributed by atoms with E-state index in [-0.39, 0.29) is 11.3 Å². The predicted molar refractivity (Wildman–Crippen MR) is 91.8 cm³/mol. The van der Waals surface area contributed by atoms with Gasteiger partial charge in [0, 0.05) is 11.1 Å². The maximum atomic E-state index is 13.0. The van der Waals surface area contributed by atoms with E-state index in [0.29, 0.717) is 11.1 Å². The summed E-state index contributed by atoms with van der Waals surface area (Å²) in [4.78, 5) is 25.2. The van der Waals surface area contributed by atoms with Crippen LogP contribution in [0.4, 0.5) is 4.39 Å². The maximum absolute atomic E-state index is 13.0. The second kappa shape index (κ2) is 7.53. The molecule has 0 fully saturated rings. The Morgan fingerprint density at radius 3 is 1.88 bits per heavy atom. The molecule has 0 aromatic heterocycles. The van der Waals surface area contributed by atoms with Crippen LogP contribution in [0.15, 0.2) is 84.9 Å². The van der Waals surface area contributed by atoms with E-state index in [0.717, 1.165) is 0 Å². The number of esters is 1. The first-order valence-electron chi connectivity index (χ1n) is 7.76. The van der Waals surface area contributed by atoms with Crippen LogP contribution in [0.5, 0.6) is 0 Å². The molecule has 3 aromatic rings. The van der Waals surface area contributed by atoms with Crippen LogP contribution in [0, 0.1) is 5.82 Å². The number of hydrogen-bond acceptors (Lipinski definition) is 3. The second-order valence-corrected chi connectivity index (χ2v) is 5.43. The molecule has 1 unspecified atom stereocenters. The number of hydrogen-bond donors (Lipinski definition) is 0. The summed E-state index contributed by atoms with van der Waals surface area (Å²) in [7, 11) is 0. The summed E-state index contributed by atoms with van der Waals surface area (Å²) < 4.78 is 18.5. The van der Waals surface area contributed by atoms with Crippen molar-refractivity contribution in [2.45, 2.75) is 6.10 Å². The van der Waals surface area contributed by atoms with Crippen LogP contribution in [-0.4, -0.2) is 11.8 Å². The van der Waals surface area contributed by atoms with Crippen LogP contribution in [-0.2, 0) is 4.74 Å². The van der Waals surface area contributed by atoms with Gasteiger partial charge in [0.15, 0.2) is 6.10 Å². The third-order valence-electron chi connectivity index (χ3n) is 3.70. The van der Waals surface area contributed by atoms with Crippen molar-refractivity contribution in [2.75, 3.05) is 0 Å². The van der Waals surface area contributed by atoms with Crippen molar-refractivity contribution in [3.63, 3.8) is 0 Å². The van der Waals surface area contributed by atoms with Gasteiger partial charge in [-0.2, -0.15) is 0 Å². The minimum atomic E-state index is -1.07. The van der Waals surface area contributed by atoms with E-state index >= 15 is 0 Å². The van der Waals surface area contributed by atoms with Gasteiger partial charge in [0.05, 0.1) is 5.56 Å². The van der Waals surface area contributed by atoms with Crippen LogP contribution >= 0.6 is 0 Å². The number of ether oxygens (including phenoxy) is 1. The Morgan fingerprint density at radius 1 is 0.720 bits per heavy atom. The molecule has 0 saturated carbocycles. The Kier molecular flexibility index (Phi) is 5.00. The van der Waals surface area contributed by atoms with Crippen LogP contribution in [0.25, 0.3) is 0 Å². The molecule has 0 aliphatic heterocycles. The molecular formula is C21H15FO3. The first kappa shape index (κ1) is 16.6. The van der Waals surface area contributed by atoms with E-state index < -0.39 is 17.9 Å². The highest BCUT2D eigenvalue weighted by Crippen LogP contribution is 2.24. The number of rotatable bonds is 5. The fraction of sp³-hybridized carbons (Fsp3) is 0.0476. The summed E-state index contributed by atoms with van der Waals surface area (Å²) in [6.45, 7) is 0. The van der Waals surface area contributed by atoms with Crippen molar-refractivity contribution in [3.8, 4) is 0 Å². The first-order valence-corrected chi connectivity index (χ1v) is 7.76. The molecule has 3 rings (SSSR count). The van der Waals surface area contributed by atoms with E-state index in [1.165, 1.54) is 24.3 Å². The van der Waals surface area contributed by atoms with Gasteiger partial charge in [-0.3, -0.25) is 4.79 Å². The minimum absolute atomic E-state index is 0.184. The largest absolute Gasteiger partial charge is 0.445 e. The van der Waals surface area contributed by atoms with Crippen LogP contribution in [0.1, 0.15) is 32.4 Å². The molecule has 0 aliphatic rings. The molecule has 0 amide bonds. The Balaban J connectivity index is 1.90. The van der Waals surface area contributed by atoms with Gasteiger partial charge < -0.3 is 4.74 Å². The van der Waals surface area contributed by atoms with Crippen LogP contribution in [0.3, 0.4) is 0 Å². The summed E-state index contributed by atoms with van der Waals surface area (Å²) >= 11 is 0. The van der Waals surface area contributed by atoms with Gasteiger partial charge in [0.2, 0.25) is 5.78 Å². The molecule has 1 atom stereocenters. The van der Waals surface area contributed by atoms with Gasteiger partial charge in [-0.05, 0) is 24.3 Å². The van der Waals surface area contributed by atoms with E-state index in [4.69, 9.17) is 4.74 Å². The summed E-state index contributed by atoms with van der Waals surface area (Å²) in [5.41, 5.74) is 1.21. The second-order valence-electron chi connectivity index (χ2n) is 5.43. The monoisotopic (exact) mass is 334 g/mol. The summed E-state index contributed by atoms with van der Waals surface area (Å²) in [6.07, 6.45) is -1.07. The standard InChI is InChI=1S/C21H15FO3/c22-18-13-11-17(12-14-18)21(24)25-20(16-9-5-2-6-10-16)19(23)15-7-3-1-4-8-15/h1-14,20H. The summed E-state index contributed by atoms with van der Waals surface area (Å²) in [6, 6.07) is 22.4. The molecule has 3 nitrogen and oxygen atoms in total. The van der Waals surface area contributed by atoms with E-state index in [9.17, 15) is 14.0 Å². The lowest BCUT2D eigenvalue weighted by atomic mass is 10.00. The molecule has 124 valence electrons. The number of halogens is 1. The van der Waals surface area contributed by atoms with Gasteiger partial charge in [-0.1, -0.05) is 60.7 Å². The molecule has 4 heteroatoms. The average molecular weight is 334 g/mol. The number of carbonyl (C=O) groups is 2. The van der Waals surface area contributed by atoms with Gasteiger partial charge in [-0.25, -0.2) is 9.18 Å². The lowest BCUT2D eigenvalue weighted by Gasteiger charge is -2.17. The summed E-state index contributed by atoms with van der Waals surface area (Å²) in [5.74, 6) is -1.45. The molecule has 0 N–H and O–H groups in total. The van der Waals surface area contributed by atoms with Gasteiger partial charge in [0.1, 0.15) is 5.82 Å². The Morgan fingerprint density at radius 2 is 1.28 bits per heavy atom. The number of carbonyl (C=O) groups excluding carboxylic acids is 2. The highest BCUT2D eigenvalue weighted by atomic mass is 19.1. The summed E-state index contributed by atoms with van der Waals surface area (Å²) in [5, 5.41) is 0. The lowest BCUT2D eigenvalue weighted by Crippen LogP contribution is -2.20. The van der Waals surface area contributed by atoms with Crippen molar-refractivity contribution in [3.05, 3.63) is 107 Å². The predicted octanol–water partition coefficient (Wildman–Crippen LogP) is 4.61. The fourth-order valence-corrected chi connectivity index (χ4v) is 2.42. The zero-order valence-corrected chi connectivity index (χ0v) is 13.3. The van der Waals surface area contributed by atoms with E-state index in [1.54, 1.807) is 54.6 Å². The van der Waals surface area contributed by atoms with Crippen molar-refractivity contribution in [1.29, 1.82) is 0 Å². The third-order valence-corrected chi connectivity index (χ3v) is 3.70. The molecule has 0 bridgehead atoms. The SMILES string of the molecule is O=C(OC(C(=O)c1ccccc1)c1ccccc1)c1ccc(F)cc1. The van der Waals surface area contributed by atoms with Gasteiger partial charge >= 0.3 is 5.97 Å². The molecule has 25 heavy (non-hydrogen) atoms. The Labute approximate surface area is 144 Å². The smallest absolute Gasteiger partial charge is 0.339 e. The van der Waals surface area contributed by atoms with E-state index in [2.05, 4.69) is 0 Å². The Hall–Kier alpha value is -3.27. The van der Waals surface area contributed by atoms with E-state index in [1.807, 2.05) is 6.07 Å². The minimum Gasteiger partial charge on any atom is -0.445 e. The number of benzene rings is 3. The molecule has 0 aliphatic carbocycles. The number of ketones is 1. The highest BCUT2D eigenvalue weighted by molar-refractivity contribution is 6.02. The molecule has 0 radical (unpaired) electrons. The molecule has 0 saturated heterocycles. The zero-order valence-electron chi connectivity index (χ0n) is 13.3. The maximum Gasteiger partial charge on any atom is 0.339 e. The van der Waals surface area contributed by atoms with Crippen LogP contribution < -0.4 is 0 Å². The van der Waals surface area contributed by atoms with Crippen LogP contribution in [0.2, 0.25) is 0 Å².